The van der Waals surface area contributed by atoms with Crippen LogP contribution in [0, 0.1) is 0 Å². The number of ether oxygens (including phenoxy) is 2. The van der Waals surface area contributed by atoms with Crippen molar-refractivity contribution < 1.29 is 47.5 Å². The molecule has 0 heterocycles. The van der Waals surface area contributed by atoms with E-state index < -0.39 is 51.1 Å². The molecule has 0 aromatic carbocycles. The molecule has 39 heavy (non-hydrogen) atoms. The fourth-order valence-corrected chi connectivity index (χ4v) is 3.71. The van der Waals surface area contributed by atoms with E-state index in [1.165, 1.54) is 0 Å². The van der Waals surface area contributed by atoms with Crippen LogP contribution in [0.1, 0.15) is 84.5 Å². The van der Waals surface area contributed by atoms with E-state index in [2.05, 4.69) is 47.9 Å². The summed E-state index contributed by atoms with van der Waals surface area (Å²) in [7, 11) is -4.69. The van der Waals surface area contributed by atoms with Gasteiger partial charge in [0.15, 0.2) is 6.10 Å². The van der Waals surface area contributed by atoms with Crippen molar-refractivity contribution in [1.29, 1.82) is 0 Å². The summed E-state index contributed by atoms with van der Waals surface area (Å²) in [6.45, 7) is 2.30. The molecule has 0 fully saturated rings. The number of carbonyl (C=O) groups is 3. The Morgan fingerprint density at radius 2 is 1.44 bits per heavy atom. The maximum atomic E-state index is 12.3. The first-order chi connectivity index (χ1) is 18.6. The average Bonchev–Trinajstić information content (AvgIpc) is 2.90. The van der Waals surface area contributed by atoms with Crippen molar-refractivity contribution >= 4 is 25.7 Å². The number of phosphoric ester groups is 1. The molecule has 4 N–H and O–H groups in total. The number of allylic oxidation sites excluding steroid dienone is 6. The number of hydrogen-bond donors (Lipinski definition) is 3. The summed E-state index contributed by atoms with van der Waals surface area (Å²) < 4.78 is 31.8. The summed E-state index contributed by atoms with van der Waals surface area (Å²) in [5, 5.41) is 8.74. The van der Waals surface area contributed by atoms with E-state index in [-0.39, 0.29) is 19.4 Å². The van der Waals surface area contributed by atoms with Crippen LogP contribution in [-0.4, -0.2) is 59.9 Å². The van der Waals surface area contributed by atoms with E-state index >= 15 is 0 Å². The summed E-state index contributed by atoms with van der Waals surface area (Å²) in [4.78, 5) is 44.6. The first kappa shape index (κ1) is 36.7. The van der Waals surface area contributed by atoms with Gasteiger partial charge in [-0.25, -0.2) is 4.57 Å². The maximum absolute atomic E-state index is 12.3. The van der Waals surface area contributed by atoms with Gasteiger partial charge >= 0.3 is 25.7 Å². The van der Waals surface area contributed by atoms with E-state index in [0.29, 0.717) is 12.8 Å². The van der Waals surface area contributed by atoms with Gasteiger partial charge < -0.3 is 25.2 Å². The minimum atomic E-state index is -4.69. The van der Waals surface area contributed by atoms with Gasteiger partial charge in [-0.3, -0.25) is 23.4 Å². The fraction of sp³-hybridized carbons (Fsp3) is 0.667. The van der Waals surface area contributed by atoms with Gasteiger partial charge in [0.1, 0.15) is 12.6 Å². The number of phosphoric acid groups is 1. The lowest BCUT2D eigenvalue weighted by atomic mass is 10.1. The zero-order valence-corrected chi connectivity index (χ0v) is 24.1. The molecule has 0 aliphatic rings. The van der Waals surface area contributed by atoms with Crippen molar-refractivity contribution in [1.82, 2.24) is 0 Å². The normalized spacial score (nSPS) is 15.0. The largest absolute Gasteiger partial charge is 0.480 e. The van der Waals surface area contributed by atoms with Crippen LogP contribution in [0.25, 0.3) is 0 Å². The highest BCUT2D eigenvalue weighted by atomic mass is 31.2. The van der Waals surface area contributed by atoms with Gasteiger partial charge in [0.25, 0.3) is 0 Å². The van der Waals surface area contributed by atoms with Crippen LogP contribution < -0.4 is 5.73 Å². The third-order valence-electron chi connectivity index (χ3n) is 5.15. The highest BCUT2D eigenvalue weighted by Crippen LogP contribution is 2.43. The predicted octanol–water partition coefficient (Wildman–Crippen LogP) is 4.99. The molecule has 0 spiro atoms. The second-order valence-electron chi connectivity index (χ2n) is 8.80. The number of nitrogens with two attached hydrogens (primary N) is 1. The van der Waals surface area contributed by atoms with Gasteiger partial charge in [-0.15, -0.1) is 0 Å². The number of rotatable bonds is 24. The van der Waals surface area contributed by atoms with Crippen molar-refractivity contribution in [3.8, 4) is 0 Å². The molecule has 0 saturated carbocycles. The monoisotopic (exact) mass is 575 g/mol. The van der Waals surface area contributed by atoms with Gasteiger partial charge in [0.05, 0.1) is 13.2 Å². The van der Waals surface area contributed by atoms with E-state index in [4.69, 9.17) is 24.8 Å². The van der Waals surface area contributed by atoms with Gasteiger partial charge in [0, 0.05) is 12.8 Å². The topological polar surface area (TPSA) is 172 Å². The van der Waals surface area contributed by atoms with Crippen LogP contribution in [-0.2, 0) is 37.5 Å². The van der Waals surface area contributed by atoms with Crippen LogP contribution in [0.4, 0.5) is 0 Å². The minimum absolute atomic E-state index is 0.124. The molecule has 11 nitrogen and oxygen atoms in total. The smallest absolute Gasteiger partial charge is 0.472 e. The zero-order valence-electron chi connectivity index (χ0n) is 23.2. The van der Waals surface area contributed by atoms with Gasteiger partial charge in [-0.05, 0) is 44.9 Å². The molecule has 0 aliphatic heterocycles. The number of aliphatic carboxylic acids is 1. The SMILES string of the molecule is CC/C=C\C/C=C\C/C=C\CCCCCC(=O)OC(COC(=O)CCCC)COP(=O)(O)OCC(N)C(=O)O. The second-order valence-corrected chi connectivity index (χ2v) is 10.2. The summed E-state index contributed by atoms with van der Waals surface area (Å²) in [6, 6.07) is -1.52. The average molecular weight is 576 g/mol. The molecular formula is C27H46NO10P. The van der Waals surface area contributed by atoms with E-state index in [0.717, 1.165) is 44.9 Å². The molecule has 0 rings (SSSR count). The van der Waals surface area contributed by atoms with Gasteiger partial charge in [-0.1, -0.05) is 63.1 Å². The Hall–Kier alpha value is -2.30. The number of carboxylic acids is 1. The molecule has 12 heteroatoms. The van der Waals surface area contributed by atoms with Crippen LogP contribution >= 0.6 is 7.82 Å². The highest BCUT2D eigenvalue weighted by Gasteiger charge is 2.28. The molecule has 0 aliphatic carbocycles. The quantitative estimate of drug-likeness (QED) is 0.0613. The van der Waals surface area contributed by atoms with E-state index in [1.807, 2.05) is 6.92 Å². The molecule has 0 amide bonds. The van der Waals surface area contributed by atoms with E-state index in [1.54, 1.807) is 0 Å². The molecule has 0 aromatic rings. The summed E-state index contributed by atoms with van der Waals surface area (Å²) in [6.07, 6.45) is 19.5. The second kappa shape index (κ2) is 23.6. The van der Waals surface area contributed by atoms with Crippen molar-refractivity contribution in [2.75, 3.05) is 19.8 Å². The third-order valence-corrected chi connectivity index (χ3v) is 6.10. The molecule has 3 unspecified atom stereocenters. The fourth-order valence-electron chi connectivity index (χ4n) is 2.94. The number of carboxylic acid groups (broad SMARTS) is 1. The number of hydrogen-bond acceptors (Lipinski definition) is 9. The lowest BCUT2D eigenvalue weighted by Crippen LogP contribution is -2.34. The summed E-state index contributed by atoms with van der Waals surface area (Å²) in [5.41, 5.74) is 5.24. The molecule has 224 valence electrons. The van der Waals surface area contributed by atoms with Crippen molar-refractivity contribution in [3.05, 3.63) is 36.5 Å². The van der Waals surface area contributed by atoms with Gasteiger partial charge in [-0.2, -0.15) is 0 Å². The van der Waals surface area contributed by atoms with Gasteiger partial charge in [0.2, 0.25) is 0 Å². The summed E-state index contributed by atoms with van der Waals surface area (Å²) in [5.74, 6) is -2.47. The lowest BCUT2D eigenvalue weighted by molar-refractivity contribution is -0.161. The predicted molar refractivity (Wildman–Crippen MR) is 148 cm³/mol. The Balaban J connectivity index is 4.49. The van der Waals surface area contributed by atoms with Crippen LogP contribution in [0.3, 0.4) is 0 Å². The van der Waals surface area contributed by atoms with Crippen LogP contribution in [0.15, 0.2) is 36.5 Å². The van der Waals surface area contributed by atoms with E-state index in [9.17, 15) is 23.8 Å². The maximum Gasteiger partial charge on any atom is 0.472 e. The first-order valence-electron chi connectivity index (χ1n) is 13.5. The minimum Gasteiger partial charge on any atom is -0.480 e. The molecular weight excluding hydrogens is 529 g/mol. The lowest BCUT2D eigenvalue weighted by Gasteiger charge is -2.20. The summed E-state index contributed by atoms with van der Waals surface area (Å²) >= 11 is 0. The zero-order chi connectivity index (χ0) is 29.4. The van der Waals surface area contributed by atoms with Crippen molar-refractivity contribution in [2.45, 2.75) is 96.6 Å². The Labute approximate surface area is 232 Å². The Bertz CT molecular complexity index is 827. The van der Waals surface area contributed by atoms with Crippen LogP contribution in [0.2, 0.25) is 0 Å². The number of carbonyl (C=O) groups excluding carboxylic acids is 2. The molecule has 0 saturated heterocycles. The molecule has 0 bridgehead atoms. The number of unbranched alkanes of at least 4 members (excludes halogenated alkanes) is 4. The van der Waals surface area contributed by atoms with Crippen molar-refractivity contribution in [3.63, 3.8) is 0 Å². The Morgan fingerprint density at radius 3 is 2.08 bits per heavy atom. The highest BCUT2D eigenvalue weighted by molar-refractivity contribution is 7.47. The van der Waals surface area contributed by atoms with Crippen molar-refractivity contribution in [2.24, 2.45) is 5.73 Å². The first-order valence-corrected chi connectivity index (χ1v) is 15.0. The molecule has 0 radical (unpaired) electrons. The standard InChI is InChI=1S/C27H46NO10P/c1-3-5-7-8-9-10-11-12-13-14-15-16-17-19-26(30)38-23(20-35-25(29)18-6-4-2)21-36-39(33,34)37-22-24(28)27(31)32/h5,7,9-10,12-13,23-24H,3-4,6,8,11,14-22,28H2,1-2H3,(H,31,32)(H,33,34)/b7-5-,10-9-,13-12-. The number of esters is 2. The van der Waals surface area contributed by atoms with Crippen LogP contribution in [0.5, 0.6) is 0 Å². The molecule has 3 atom stereocenters. The third kappa shape index (κ3) is 23.3. The Morgan fingerprint density at radius 1 is 0.821 bits per heavy atom. The molecule has 0 aromatic heterocycles. The Kier molecular flexibility index (Phi) is 22.2.